The SMILES string of the molecule is Cc1ccc(C(=O)O)cc1NC(=O)C1CC(O)CN1. The molecule has 1 aliphatic heterocycles. The zero-order valence-electron chi connectivity index (χ0n) is 10.5. The molecular weight excluding hydrogens is 248 g/mol. The first-order chi connectivity index (χ1) is 8.97. The zero-order chi connectivity index (χ0) is 14.0. The minimum atomic E-state index is -1.04. The molecule has 1 fully saturated rings. The normalized spacial score (nSPS) is 22.2. The standard InChI is InChI=1S/C13H16N2O4/c1-7-2-3-8(13(18)19)4-10(7)15-12(17)11-5-9(16)6-14-11/h2-4,9,11,14,16H,5-6H2,1H3,(H,15,17)(H,18,19). The lowest BCUT2D eigenvalue weighted by Gasteiger charge is -2.13. The number of aliphatic hydroxyl groups excluding tert-OH is 1. The van der Waals surface area contributed by atoms with Gasteiger partial charge < -0.3 is 20.8 Å². The molecule has 0 spiro atoms. The monoisotopic (exact) mass is 264 g/mol. The maximum Gasteiger partial charge on any atom is 0.335 e. The van der Waals surface area contributed by atoms with E-state index in [-0.39, 0.29) is 11.5 Å². The van der Waals surface area contributed by atoms with E-state index in [1.807, 2.05) is 0 Å². The zero-order valence-corrected chi connectivity index (χ0v) is 10.5. The first kappa shape index (κ1) is 13.5. The second kappa shape index (κ2) is 5.38. The number of carbonyl (C=O) groups is 2. The van der Waals surface area contributed by atoms with Crippen molar-refractivity contribution in [2.75, 3.05) is 11.9 Å². The molecule has 1 heterocycles. The molecule has 0 aromatic heterocycles. The van der Waals surface area contributed by atoms with E-state index < -0.39 is 18.1 Å². The van der Waals surface area contributed by atoms with Crippen LogP contribution in [-0.4, -0.2) is 40.8 Å². The van der Waals surface area contributed by atoms with E-state index in [0.29, 0.717) is 18.7 Å². The molecule has 19 heavy (non-hydrogen) atoms. The highest BCUT2D eigenvalue weighted by Crippen LogP contribution is 2.18. The maximum atomic E-state index is 12.0. The molecule has 0 radical (unpaired) electrons. The highest BCUT2D eigenvalue weighted by atomic mass is 16.4. The number of aryl methyl sites for hydroxylation is 1. The van der Waals surface area contributed by atoms with Gasteiger partial charge in [0.15, 0.2) is 0 Å². The third kappa shape index (κ3) is 3.10. The molecule has 1 aliphatic rings. The summed E-state index contributed by atoms with van der Waals surface area (Å²) >= 11 is 0. The smallest absolute Gasteiger partial charge is 0.335 e. The number of carboxylic acids is 1. The van der Waals surface area contributed by atoms with Crippen LogP contribution in [0.3, 0.4) is 0 Å². The Balaban J connectivity index is 2.12. The maximum absolute atomic E-state index is 12.0. The first-order valence-electron chi connectivity index (χ1n) is 6.03. The van der Waals surface area contributed by atoms with Crippen LogP contribution in [0.25, 0.3) is 0 Å². The number of nitrogens with one attached hydrogen (secondary N) is 2. The van der Waals surface area contributed by atoms with Crippen LogP contribution in [0.1, 0.15) is 22.3 Å². The van der Waals surface area contributed by atoms with Gasteiger partial charge in [0.2, 0.25) is 5.91 Å². The third-order valence-electron chi connectivity index (χ3n) is 3.17. The van der Waals surface area contributed by atoms with Gasteiger partial charge in [-0.1, -0.05) is 6.07 Å². The predicted molar refractivity (Wildman–Crippen MR) is 69.2 cm³/mol. The second-order valence-corrected chi connectivity index (χ2v) is 4.67. The number of hydrogen-bond acceptors (Lipinski definition) is 4. The van der Waals surface area contributed by atoms with Crippen molar-refractivity contribution in [3.63, 3.8) is 0 Å². The number of benzene rings is 1. The number of rotatable bonds is 3. The molecule has 6 nitrogen and oxygen atoms in total. The van der Waals surface area contributed by atoms with Crippen LogP contribution in [0.2, 0.25) is 0 Å². The molecule has 0 aliphatic carbocycles. The molecule has 1 aromatic rings. The van der Waals surface area contributed by atoms with E-state index in [1.54, 1.807) is 13.0 Å². The van der Waals surface area contributed by atoms with Crippen molar-refractivity contribution in [3.05, 3.63) is 29.3 Å². The van der Waals surface area contributed by atoms with Crippen molar-refractivity contribution in [2.24, 2.45) is 0 Å². The summed E-state index contributed by atoms with van der Waals surface area (Å²) in [5.41, 5.74) is 1.39. The van der Waals surface area contributed by atoms with Gasteiger partial charge >= 0.3 is 5.97 Å². The summed E-state index contributed by atoms with van der Waals surface area (Å²) in [4.78, 5) is 22.9. The van der Waals surface area contributed by atoms with Gasteiger partial charge in [-0.25, -0.2) is 4.79 Å². The van der Waals surface area contributed by atoms with E-state index in [1.165, 1.54) is 12.1 Å². The largest absolute Gasteiger partial charge is 0.478 e. The minimum Gasteiger partial charge on any atom is -0.478 e. The number of amides is 1. The van der Waals surface area contributed by atoms with E-state index in [2.05, 4.69) is 10.6 Å². The summed E-state index contributed by atoms with van der Waals surface area (Å²) in [6.45, 7) is 2.18. The van der Waals surface area contributed by atoms with E-state index in [0.717, 1.165) is 5.56 Å². The summed E-state index contributed by atoms with van der Waals surface area (Å²) in [7, 11) is 0. The van der Waals surface area contributed by atoms with Crippen molar-refractivity contribution >= 4 is 17.6 Å². The first-order valence-corrected chi connectivity index (χ1v) is 6.03. The van der Waals surface area contributed by atoms with Crippen molar-refractivity contribution < 1.29 is 19.8 Å². The molecule has 0 saturated carbocycles. The summed E-state index contributed by atoms with van der Waals surface area (Å²) < 4.78 is 0. The van der Waals surface area contributed by atoms with Crippen LogP contribution in [0.5, 0.6) is 0 Å². The third-order valence-corrected chi connectivity index (χ3v) is 3.17. The summed E-state index contributed by atoms with van der Waals surface area (Å²) in [5, 5.41) is 23.9. The van der Waals surface area contributed by atoms with Gasteiger partial charge in [0, 0.05) is 12.2 Å². The predicted octanol–water partition coefficient (Wildman–Crippen LogP) is 0.355. The average molecular weight is 264 g/mol. The number of aliphatic hydroxyl groups is 1. The van der Waals surface area contributed by atoms with Crippen molar-refractivity contribution in [3.8, 4) is 0 Å². The van der Waals surface area contributed by atoms with Crippen LogP contribution < -0.4 is 10.6 Å². The summed E-state index contributed by atoms with van der Waals surface area (Å²) in [5.74, 6) is -1.30. The fourth-order valence-corrected chi connectivity index (χ4v) is 2.03. The Labute approximate surface area is 110 Å². The summed E-state index contributed by atoms with van der Waals surface area (Å²) in [6, 6.07) is 4.13. The van der Waals surface area contributed by atoms with E-state index >= 15 is 0 Å². The van der Waals surface area contributed by atoms with Gasteiger partial charge in [-0.3, -0.25) is 4.79 Å². The number of carbonyl (C=O) groups excluding carboxylic acids is 1. The number of hydrogen-bond donors (Lipinski definition) is 4. The van der Waals surface area contributed by atoms with Crippen LogP contribution >= 0.6 is 0 Å². The average Bonchev–Trinajstić information content (AvgIpc) is 2.78. The molecule has 1 amide bonds. The number of β-amino-alcohol motifs (C(OH)–C–C–N with tert-alkyl or cyclic N) is 1. The Kier molecular flexibility index (Phi) is 3.82. The molecule has 4 N–H and O–H groups in total. The molecular formula is C13H16N2O4. The van der Waals surface area contributed by atoms with Crippen LogP contribution in [0.15, 0.2) is 18.2 Å². The number of anilines is 1. The Hall–Kier alpha value is -1.92. The van der Waals surface area contributed by atoms with Crippen LogP contribution in [0, 0.1) is 6.92 Å². The highest BCUT2D eigenvalue weighted by Gasteiger charge is 2.28. The quantitative estimate of drug-likeness (QED) is 0.631. The Morgan fingerprint density at radius 1 is 1.42 bits per heavy atom. The van der Waals surface area contributed by atoms with Gasteiger partial charge in [0.05, 0.1) is 17.7 Å². The molecule has 6 heteroatoms. The number of carboxylic acid groups (broad SMARTS) is 1. The van der Waals surface area contributed by atoms with Gasteiger partial charge in [-0.2, -0.15) is 0 Å². The molecule has 1 saturated heterocycles. The Morgan fingerprint density at radius 3 is 2.74 bits per heavy atom. The minimum absolute atomic E-state index is 0.125. The molecule has 2 unspecified atom stereocenters. The van der Waals surface area contributed by atoms with Crippen molar-refractivity contribution in [1.82, 2.24) is 5.32 Å². The van der Waals surface area contributed by atoms with Crippen molar-refractivity contribution in [1.29, 1.82) is 0 Å². The van der Waals surface area contributed by atoms with Crippen LogP contribution in [0.4, 0.5) is 5.69 Å². The molecule has 2 atom stereocenters. The Bertz CT molecular complexity index is 515. The highest BCUT2D eigenvalue weighted by molar-refractivity contribution is 5.97. The van der Waals surface area contributed by atoms with Gasteiger partial charge in [0.1, 0.15) is 0 Å². The lowest BCUT2D eigenvalue weighted by atomic mass is 10.1. The molecule has 1 aromatic carbocycles. The fraction of sp³-hybridized carbons (Fsp3) is 0.385. The van der Waals surface area contributed by atoms with E-state index in [4.69, 9.17) is 5.11 Å². The van der Waals surface area contributed by atoms with Gasteiger partial charge in [0.25, 0.3) is 0 Å². The van der Waals surface area contributed by atoms with Gasteiger partial charge in [-0.05, 0) is 31.0 Å². The molecule has 2 rings (SSSR count). The van der Waals surface area contributed by atoms with Crippen LogP contribution in [-0.2, 0) is 4.79 Å². The lowest BCUT2D eigenvalue weighted by Crippen LogP contribution is -2.35. The number of aromatic carboxylic acids is 1. The van der Waals surface area contributed by atoms with Gasteiger partial charge in [-0.15, -0.1) is 0 Å². The fourth-order valence-electron chi connectivity index (χ4n) is 2.03. The van der Waals surface area contributed by atoms with E-state index in [9.17, 15) is 14.7 Å². The van der Waals surface area contributed by atoms with Crippen molar-refractivity contribution in [2.45, 2.75) is 25.5 Å². The topological polar surface area (TPSA) is 98.7 Å². The molecule has 0 bridgehead atoms. The Morgan fingerprint density at radius 2 is 2.16 bits per heavy atom. The second-order valence-electron chi connectivity index (χ2n) is 4.67. The summed E-state index contributed by atoms with van der Waals surface area (Å²) in [6.07, 6.45) is -0.147. The molecule has 102 valence electrons. The lowest BCUT2D eigenvalue weighted by molar-refractivity contribution is -0.117.